The van der Waals surface area contributed by atoms with Gasteiger partial charge in [-0.3, -0.25) is 19.5 Å². The number of phenols is 1. The number of rotatable bonds is 6. The number of carbonyl (C=O) groups is 3. The molecule has 2 aromatic heterocycles. The van der Waals surface area contributed by atoms with Crippen molar-refractivity contribution in [2.45, 2.75) is 89.9 Å². The zero-order chi connectivity index (χ0) is 31.8. The lowest BCUT2D eigenvalue weighted by atomic mass is 9.90. The summed E-state index contributed by atoms with van der Waals surface area (Å²) in [5.41, 5.74) is 2.74. The van der Waals surface area contributed by atoms with E-state index in [0.717, 1.165) is 32.1 Å². The third-order valence-electron chi connectivity index (χ3n) is 8.01. The highest BCUT2D eigenvalue weighted by atomic mass is 35.5. The van der Waals surface area contributed by atoms with Gasteiger partial charge in [0.1, 0.15) is 17.2 Å². The van der Waals surface area contributed by atoms with Crippen molar-refractivity contribution in [3.63, 3.8) is 0 Å². The van der Waals surface area contributed by atoms with E-state index in [1.54, 1.807) is 24.4 Å². The van der Waals surface area contributed by atoms with Crippen LogP contribution in [-0.4, -0.2) is 68.0 Å². The molecule has 0 unspecified atom stereocenters. The summed E-state index contributed by atoms with van der Waals surface area (Å²) < 4.78 is 5.51. The summed E-state index contributed by atoms with van der Waals surface area (Å²) in [5.74, 6) is -0.483. The van der Waals surface area contributed by atoms with Crippen molar-refractivity contribution in [2.75, 3.05) is 11.9 Å². The Morgan fingerprint density at radius 1 is 1.02 bits per heavy atom. The van der Waals surface area contributed by atoms with E-state index in [2.05, 4.69) is 15.6 Å². The fourth-order valence-corrected chi connectivity index (χ4v) is 6.30. The number of Topliss-reactive ketones (excluding diaryl/α,β-unsaturated/α-hetero) is 1. The Kier molecular flexibility index (Phi) is 9.23. The van der Waals surface area contributed by atoms with Crippen LogP contribution in [-0.2, 0) is 9.53 Å². The molecule has 3 aromatic rings. The summed E-state index contributed by atoms with van der Waals surface area (Å²) in [6, 6.07) is 6.27. The van der Waals surface area contributed by atoms with E-state index in [9.17, 15) is 19.5 Å². The first-order valence-electron chi connectivity index (χ1n) is 14.9. The zero-order valence-corrected chi connectivity index (χ0v) is 26.8. The quantitative estimate of drug-likeness (QED) is 0.252. The Balaban J connectivity index is 1.29. The number of hydrogen-bond donors (Lipinski definition) is 3. The van der Waals surface area contributed by atoms with E-state index in [4.69, 9.17) is 32.9 Å². The molecule has 1 saturated carbocycles. The molecule has 1 saturated heterocycles. The number of halogens is 2. The Labute approximate surface area is 266 Å². The molecule has 1 atom stereocenters. The minimum absolute atomic E-state index is 0.0168. The largest absolute Gasteiger partial charge is 0.505 e. The number of pyridine rings is 2. The monoisotopic (exact) mass is 641 g/mol. The molecule has 1 aliphatic heterocycles. The Morgan fingerprint density at radius 2 is 1.68 bits per heavy atom. The third kappa shape index (κ3) is 7.02. The molecule has 3 N–H and O–H groups in total. The normalized spacial score (nSPS) is 20.4. The highest BCUT2D eigenvalue weighted by molar-refractivity contribution is 6.37. The Bertz CT molecular complexity index is 1580. The summed E-state index contributed by atoms with van der Waals surface area (Å²) in [7, 11) is 0. The van der Waals surface area contributed by atoms with Gasteiger partial charge in [-0.15, -0.1) is 0 Å². The topological polar surface area (TPSA) is 134 Å². The van der Waals surface area contributed by atoms with Crippen LogP contribution >= 0.6 is 23.2 Å². The molecule has 1 aliphatic carbocycles. The van der Waals surface area contributed by atoms with Crippen LogP contribution in [0.5, 0.6) is 5.75 Å². The number of carbonyl (C=O) groups excluding carboxylic acids is 3. The number of nitrogens with zero attached hydrogens (tertiary/aromatic N) is 3. The minimum Gasteiger partial charge on any atom is -0.505 e. The number of benzene rings is 1. The highest BCUT2D eigenvalue weighted by Crippen LogP contribution is 2.37. The van der Waals surface area contributed by atoms with Crippen LogP contribution in [0.4, 0.5) is 10.5 Å². The maximum Gasteiger partial charge on any atom is 0.410 e. The molecule has 2 aliphatic rings. The van der Waals surface area contributed by atoms with Gasteiger partial charge in [-0.1, -0.05) is 23.2 Å². The number of nitrogens with one attached hydrogen (secondary N) is 2. The summed E-state index contributed by atoms with van der Waals surface area (Å²) in [6.07, 6.45) is 5.48. The van der Waals surface area contributed by atoms with Gasteiger partial charge in [-0.25, -0.2) is 9.78 Å². The van der Waals surface area contributed by atoms with Crippen molar-refractivity contribution >= 4 is 57.7 Å². The number of aromatic hydroxyl groups is 1. The smallest absolute Gasteiger partial charge is 0.410 e. The van der Waals surface area contributed by atoms with Crippen molar-refractivity contribution in [2.24, 2.45) is 0 Å². The van der Waals surface area contributed by atoms with E-state index >= 15 is 0 Å². The maximum atomic E-state index is 13.2. The number of likely N-dealkylation sites (tertiary alicyclic amines) is 1. The molecule has 0 bridgehead atoms. The molecule has 12 heteroatoms. The van der Waals surface area contributed by atoms with E-state index in [0.29, 0.717) is 46.5 Å². The number of aromatic nitrogens is 2. The number of phenolic OH excluding ortho intramolecular Hbond substituents is 1. The fraction of sp³-hybridized carbons (Fsp3) is 0.469. The highest BCUT2D eigenvalue weighted by Gasteiger charge is 2.37. The van der Waals surface area contributed by atoms with Gasteiger partial charge in [-0.2, -0.15) is 0 Å². The van der Waals surface area contributed by atoms with Gasteiger partial charge < -0.3 is 20.5 Å². The lowest BCUT2D eigenvalue weighted by Crippen LogP contribution is -2.50. The van der Waals surface area contributed by atoms with Crippen molar-refractivity contribution in [3.8, 4) is 17.0 Å². The van der Waals surface area contributed by atoms with Gasteiger partial charge in [0, 0.05) is 30.4 Å². The molecule has 0 radical (unpaired) electrons. The fourth-order valence-electron chi connectivity index (χ4n) is 5.82. The lowest BCUT2D eigenvalue weighted by Gasteiger charge is -2.33. The van der Waals surface area contributed by atoms with Crippen molar-refractivity contribution in [3.05, 3.63) is 46.1 Å². The van der Waals surface area contributed by atoms with Crippen LogP contribution in [0.1, 0.15) is 76.6 Å². The van der Waals surface area contributed by atoms with Crippen molar-refractivity contribution in [1.29, 1.82) is 0 Å². The van der Waals surface area contributed by atoms with Gasteiger partial charge >= 0.3 is 6.09 Å². The van der Waals surface area contributed by atoms with Crippen LogP contribution in [0.3, 0.4) is 0 Å². The van der Waals surface area contributed by atoms with E-state index in [1.807, 2.05) is 26.8 Å². The second-order valence-electron chi connectivity index (χ2n) is 12.5. The summed E-state index contributed by atoms with van der Waals surface area (Å²) in [6.45, 7) is 7.44. The molecule has 2 amide bonds. The molecule has 3 heterocycles. The van der Waals surface area contributed by atoms with Gasteiger partial charge in [0.25, 0.3) is 0 Å². The predicted molar refractivity (Wildman–Crippen MR) is 170 cm³/mol. The number of hydrogen-bond acceptors (Lipinski definition) is 8. The Morgan fingerprint density at radius 3 is 2.32 bits per heavy atom. The molecular formula is C32H37Cl2N5O5. The average molecular weight is 643 g/mol. The number of ketones is 1. The van der Waals surface area contributed by atoms with Gasteiger partial charge in [0.05, 0.1) is 32.5 Å². The van der Waals surface area contributed by atoms with Crippen molar-refractivity contribution in [1.82, 2.24) is 20.2 Å². The SMILES string of the molecule is CC(=O)c1cnc2ccc(-c3cc(Cl)c(O)c(Cl)c3)nc2c1N[C@H]1CC[C@H](NC(=O)[C@@H]2CCCN2C(=O)OC(C)(C)C)CC1. The summed E-state index contributed by atoms with van der Waals surface area (Å²) in [5, 5.41) is 16.9. The van der Waals surface area contributed by atoms with Gasteiger partial charge in [0.15, 0.2) is 11.5 Å². The van der Waals surface area contributed by atoms with Crippen LogP contribution in [0.2, 0.25) is 10.0 Å². The van der Waals surface area contributed by atoms with Crippen LogP contribution < -0.4 is 10.6 Å². The van der Waals surface area contributed by atoms with Crippen LogP contribution in [0.15, 0.2) is 30.5 Å². The molecule has 0 spiro atoms. The number of fused-ring (bicyclic) bond motifs is 1. The number of amides is 2. The summed E-state index contributed by atoms with van der Waals surface area (Å²) >= 11 is 12.3. The van der Waals surface area contributed by atoms with E-state index in [-0.39, 0.29) is 39.6 Å². The second-order valence-corrected chi connectivity index (χ2v) is 13.3. The zero-order valence-electron chi connectivity index (χ0n) is 25.2. The first kappa shape index (κ1) is 31.8. The number of anilines is 1. The molecule has 44 heavy (non-hydrogen) atoms. The molecule has 5 rings (SSSR count). The standard InChI is InChI=1S/C32H37Cl2N5O5/c1-17(40)21-16-35-25-12-11-24(18-14-22(33)29(41)23(34)15-18)38-28(25)27(21)36-19-7-9-20(10-8-19)37-30(42)26-6-5-13-39(26)31(43)44-32(2,3)4/h11-12,14-16,19-20,26,41H,5-10,13H2,1-4H3,(H,35,36)(H,37,42)/t19-,20-,26-/m0/s1. The van der Waals surface area contributed by atoms with Crippen molar-refractivity contribution < 1.29 is 24.2 Å². The maximum absolute atomic E-state index is 13.2. The summed E-state index contributed by atoms with van der Waals surface area (Å²) in [4.78, 5) is 49.3. The first-order chi connectivity index (χ1) is 20.8. The number of ether oxygens (including phenoxy) is 1. The molecular weight excluding hydrogens is 605 g/mol. The second kappa shape index (κ2) is 12.8. The molecule has 1 aromatic carbocycles. The van der Waals surface area contributed by atoms with E-state index < -0.39 is 17.7 Å². The third-order valence-corrected chi connectivity index (χ3v) is 8.59. The van der Waals surface area contributed by atoms with Crippen LogP contribution in [0, 0.1) is 0 Å². The van der Waals surface area contributed by atoms with Gasteiger partial charge in [0.2, 0.25) is 5.91 Å². The molecule has 10 nitrogen and oxygen atoms in total. The van der Waals surface area contributed by atoms with Crippen LogP contribution in [0.25, 0.3) is 22.3 Å². The van der Waals surface area contributed by atoms with Gasteiger partial charge in [-0.05, 0) is 90.5 Å². The molecule has 2 fully saturated rings. The minimum atomic E-state index is -0.626. The average Bonchev–Trinajstić information content (AvgIpc) is 3.46. The van der Waals surface area contributed by atoms with E-state index in [1.165, 1.54) is 11.8 Å². The molecule has 234 valence electrons. The predicted octanol–water partition coefficient (Wildman–Crippen LogP) is 6.75. The first-order valence-corrected chi connectivity index (χ1v) is 15.6. The Hall–Kier alpha value is -3.63. The lowest BCUT2D eigenvalue weighted by molar-refractivity contribution is -0.126.